The minimum absolute atomic E-state index is 0.203. The molecule has 0 atom stereocenters. The molecule has 0 saturated carbocycles. The number of pyridine rings is 1. The molecule has 4 nitrogen and oxygen atoms in total. The maximum Gasteiger partial charge on any atom is 0.257 e. The molecule has 2 rings (SSSR count). The number of nitrogens with zero attached hydrogens (tertiary/aromatic N) is 1. The Labute approximate surface area is 114 Å². The lowest BCUT2D eigenvalue weighted by Crippen LogP contribution is -2.12. The number of methoxy groups -OCH3 is 1. The van der Waals surface area contributed by atoms with Crippen LogP contribution in [0.15, 0.2) is 36.7 Å². The Bertz CT molecular complexity index is 619. The predicted molar refractivity (Wildman–Crippen MR) is 70.2 cm³/mol. The van der Waals surface area contributed by atoms with Gasteiger partial charge in [-0.05, 0) is 24.3 Å². The first kappa shape index (κ1) is 13.3. The Kier molecular flexibility index (Phi) is 3.97. The van der Waals surface area contributed by atoms with Crippen molar-refractivity contribution in [1.82, 2.24) is 4.98 Å². The number of carbonyl (C=O) groups is 1. The molecule has 6 heteroatoms. The summed E-state index contributed by atoms with van der Waals surface area (Å²) in [6, 6.07) is 5.25. The molecule has 0 spiro atoms. The first-order valence-corrected chi connectivity index (χ1v) is 5.73. The summed E-state index contributed by atoms with van der Waals surface area (Å²) in [5, 5.41) is 2.77. The first-order chi connectivity index (χ1) is 9.10. The molecule has 0 fully saturated rings. The second kappa shape index (κ2) is 5.67. The number of ether oxygens (including phenoxy) is 1. The van der Waals surface area contributed by atoms with Crippen molar-refractivity contribution in [2.24, 2.45) is 0 Å². The van der Waals surface area contributed by atoms with Crippen molar-refractivity contribution in [3.05, 3.63) is 53.1 Å². The van der Waals surface area contributed by atoms with E-state index in [4.69, 9.17) is 16.3 Å². The van der Waals surface area contributed by atoms with Gasteiger partial charge in [-0.1, -0.05) is 11.6 Å². The van der Waals surface area contributed by atoms with Gasteiger partial charge in [-0.25, -0.2) is 4.39 Å². The van der Waals surface area contributed by atoms with Crippen molar-refractivity contribution in [2.45, 2.75) is 0 Å². The summed E-state index contributed by atoms with van der Waals surface area (Å²) in [5.41, 5.74) is 0.495. The molecule has 0 aliphatic rings. The lowest BCUT2D eigenvalue weighted by molar-refractivity contribution is 0.102. The lowest BCUT2D eigenvalue weighted by Gasteiger charge is -2.08. The van der Waals surface area contributed by atoms with Crippen LogP contribution in [-0.4, -0.2) is 18.0 Å². The van der Waals surface area contributed by atoms with Crippen LogP contribution in [0.25, 0.3) is 0 Å². The molecule has 0 radical (unpaired) electrons. The fraction of sp³-hybridized carbons (Fsp3) is 0.0769. The Morgan fingerprint density at radius 3 is 2.89 bits per heavy atom. The van der Waals surface area contributed by atoms with Gasteiger partial charge in [0.15, 0.2) is 0 Å². The summed E-state index contributed by atoms with van der Waals surface area (Å²) >= 11 is 5.86. The highest BCUT2D eigenvalue weighted by atomic mass is 35.5. The maximum atomic E-state index is 13.1. The summed E-state index contributed by atoms with van der Waals surface area (Å²) < 4.78 is 18.0. The number of amides is 1. The zero-order chi connectivity index (χ0) is 13.8. The van der Waals surface area contributed by atoms with Gasteiger partial charge in [0.05, 0.1) is 29.6 Å². The summed E-state index contributed by atoms with van der Waals surface area (Å²) in [5.74, 6) is -0.472. The zero-order valence-electron chi connectivity index (χ0n) is 9.98. The van der Waals surface area contributed by atoms with Crippen LogP contribution in [0.5, 0.6) is 5.75 Å². The van der Waals surface area contributed by atoms with E-state index in [9.17, 15) is 9.18 Å². The molecule has 0 unspecified atom stereocenters. The molecule has 19 heavy (non-hydrogen) atoms. The van der Waals surface area contributed by atoms with Gasteiger partial charge in [0.1, 0.15) is 11.6 Å². The number of nitrogens with one attached hydrogen (secondary N) is 1. The van der Waals surface area contributed by atoms with Crippen molar-refractivity contribution in [2.75, 3.05) is 12.4 Å². The highest BCUT2D eigenvalue weighted by molar-refractivity contribution is 6.33. The average Bonchev–Trinajstić information content (AvgIpc) is 2.43. The van der Waals surface area contributed by atoms with Crippen LogP contribution in [0.4, 0.5) is 10.1 Å². The number of benzene rings is 1. The second-order valence-corrected chi connectivity index (χ2v) is 4.10. The highest BCUT2D eigenvalue weighted by Gasteiger charge is 2.10. The third kappa shape index (κ3) is 3.20. The van der Waals surface area contributed by atoms with Crippen molar-refractivity contribution in [1.29, 1.82) is 0 Å². The van der Waals surface area contributed by atoms with E-state index in [0.717, 1.165) is 6.07 Å². The van der Waals surface area contributed by atoms with Gasteiger partial charge in [-0.15, -0.1) is 0 Å². The van der Waals surface area contributed by atoms with Crippen LogP contribution in [-0.2, 0) is 0 Å². The van der Waals surface area contributed by atoms with Gasteiger partial charge < -0.3 is 10.1 Å². The van der Waals surface area contributed by atoms with E-state index in [1.54, 1.807) is 0 Å². The number of hydrogen-bond donors (Lipinski definition) is 1. The van der Waals surface area contributed by atoms with Crippen LogP contribution in [0.3, 0.4) is 0 Å². The minimum atomic E-state index is -0.483. The molecule has 1 aromatic heterocycles. The molecule has 1 heterocycles. The Hall–Kier alpha value is -2.14. The highest BCUT2D eigenvalue weighted by Crippen LogP contribution is 2.23. The Morgan fingerprint density at radius 2 is 2.16 bits per heavy atom. The first-order valence-electron chi connectivity index (χ1n) is 5.35. The van der Waals surface area contributed by atoms with Gasteiger partial charge in [-0.3, -0.25) is 9.78 Å². The molecular formula is C13H10ClFN2O2. The van der Waals surface area contributed by atoms with E-state index >= 15 is 0 Å². The largest absolute Gasteiger partial charge is 0.495 e. The molecular weight excluding hydrogens is 271 g/mol. The summed E-state index contributed by atoms with van der Waals surface area (Å²) in [4.78, 5) is 15.8. The molecule has 0 saturated heterocycles. The number of hydrogen-bond acceptors (Lipinski definition) is 3. The fourth-order valence-corrected chi connectivity index (χ4v) is 1.61. The van der Waals surface area contributed by atoms with Crippen LogP contribution in [0.1, 0.15) is 10.4 Å². The molecule has 2 aromatic rings. The van der Waals surface area contributed by atoms with E-state index in [0.29, 0.717) is 11.3 Å². The smallest absolute Gasteiger partial charge is 0.257 e. The van der Waals surface area contributed by atoms with E-state index in [-0.39, 0.29) is 10.7 Å². The standard InChI is InChI=1S/C13H10ClFN2O2/c1-19-10-4-8(6-16-7-10)13(18)17-12-5-9(15)2-3-11(12)14/h2-7H,1H3,(H,17,18). The number of rotatable bonds is 3. The van der Waals surface area contributed by atoms with Crippen molar-refractivity contribution in [3.8, 4) is 5.75 Å². The fourth-order valence-electron chi connectivity index (χ4n) is 1.44. The molecule has 1 amide bonds. The summed E-state index contributed by atoms with van der Waals surface area (Å²) in [6.07, 6.45) is 2.86. The van der Waals surface area contributed by atoms with Gasteiger partial charge in [-0.2, -0.15) is 0 Å². The monoisotopic (exact) mass is 280 g/mol. The van der Waals surface area contributed by atoms with E-state index in [2.05, 4.69) is 10.3 Å². The van der Waals surface area contributed by atoms with Crippen LogP contribution in [0.2, 0.25) is 5.02 Å². The average molecular weight is 281 g/mol. The van der Waals surface area contributed by atoms with Crippen molar-refractivity contribution < 1.29 is 13.9 Å². The normalized spacial score (nSPS) is 10.1. The van der Waals surface area contributed by atoms with E-state index in [1.165, 1.54) is 37.7 Å². The lowest BCUT2D eigenvalue weighted by atomic mass is 10.2. The van der Waals surface area contributed by atoms with Gasteiger partial charge in [0.25, 0.3) is 5.91 Å². The van der Waals surface area contributed by atoms with E-state index < -0.39 is 11.7 Å². The number of anilines is 1. The molecule has 0 aliphatic heterocycles. The van der Waals surface area contributed by atoms with Crippen LogP contribution < -0.4 is 10.1 Å². The molecule has 98 valence electrons. The van der Waals surface area contributed by atoms with Gasteiger partial charge in [0, 0.05) is 6.20 Å². The van der Waals surface area contributed by atoms with Crippen LogP contribution in [0, 0.1) is 5.82 Å². The number of carbonyl (C=O) groups excluding carboxylic acids is 1. The van der Waals surface area contributed by atoms with Crippen LogP contribution >= 0.6 is 11.6 Å². The minimum Gasteiger partial charge on any atom is -0.495 e. The maximum absolute atomic E-state index is 13.1. The van der Waals surface area contributed by atoms with Crippen molar-refractivity contribution in [3.63, 3.8) is 0 Å². The number of halogens is 2. The van der Waals surface area contributed by atoms with Crippen molar-refractivity contribution >= 4 is 23.2 Å². The molecule has 0 bridgehead atoms. The third-order valence-electron chi connectivity index (χ3n) is 2.39. The molecule has 1 aromatic carbocycles. The Balaban J connectivity index is 2.22. The Morgan fingerprint density at radius 1 is 1.37 bits per heavy atom. The molecule has 1 N–H and O–H groups in total. The second-order valence-electron chi connectivity index (χ2n) is 3.69. The number of aromatic nitrogens is 1. The third-order valence-corrected chi connectivity index (χ3v) is 2.72. The molecule has 0 aliphatic carbocycles. The summed E-state index contributed by atoms with van der Waals surface area (Å²) in [6.45, 7) is 0. The summed E-state index contributed by atoms with van der Waals surface area (Å²) in [7, 11) is 1.47. The zero-order valence-corrected chi connectivity index (χ0v) is 10.7. The van der Waals surface area contributed by atoms with E-state index in [1.807, 2.05) is 0 Å². The topological polar surface area (TPSA) is 51.2 Å². The SMILES string of the molecule is COc1cncc(C(=O)Nc2cc(F)ccc2Cl)c1. The van der Waals surface area contributed by atoms with Gasteiger partial charge in [0.2, 0.25) is 0 Å². The van der Waals surface area contributed by atoms with Gasteiger partial charge >= 0.3 is 0 Å². The quantitative estimate of drug-likeness (QED) is 0.940. The predicted octanol–water partition coefficient (Wildman–Crippen LogP) is 3.14.